The van der Waals surface area contributed by atoms with Crippen LogP contribution in [0.4, 0.5) is 8.78 Å². The zero-order valence-corrected chi connectivity index (χ0v) is 15.4. The molecule has 2 aromatic rings. The highest BCUT2D eigenvalue weighted by molar-refractivity contribution is 7.98. The molecule has 0 saturated carbocycles. The van der Waals surface area contributed by atoms with E-state index in [0.29, 0.717) is 23.6 Å². The fourth-order valence-electron chi connectivity index (χ4n) is 2.28. The van der Waals surface area contributed by atoms with Gasteiger partial charge in [-0.15, -0.1) is 0 Å². The number of benzene rings is 2. The molecule has 0 bridgehead atoms. The summed E-state index contributed by atoms with van der Waals surface area (Å²) in [6, 6.07) is 13.5. The molecule has 5 nitrogen and oxygen atoms in total. The molecule has 0 unspecified atom stereocenters. The topological polar surface area (TPSA) is 71.3 Å². The highest BCUT2D eigenvalue weighted by atomic mass is 32.2. The summed E-state index contributed by atoms with van der Waals surface area (Å²) in [5.74, 6) is 0.929. The van der Waals surface area contributed by atoms with Crippen molar-refractivity contribution in [2.24, 2.45) is 0 Å². The van der Waals surface area contributed by atoms with E-state index in [-0.39, 0.29) is 23.0 Å². The summed E-state index contributed by atoms with van der Waals surface area (Å²) >= 11 is 1.60. The molecule has 1 amide bonds. The van der Waals surface area contributed by atoms with E-state index in [4.69, 9.17) is 10.00 Å². The van der Waals surface area contributed by atoms with Crippen LogP contribution in [0.2, 0.25) is 0 Å². The van der Waals surface area contributed by atoms with Crippen molar-refractivity contribution in [2.45, 2.75) is 12.4 Å². The second kappa shape index (κ2) is 10.4. The predicted molar refractivity (Wildman–Crippen MR) is 99.3 cm³/mol. The summed E-state index contributed by atoms with van der Waals surface area (Å²) in [6.45, 7) is -2.54. The Morgan fingerprint density at radius 3 is 2.74 bits per heavy atom. The quantitative estimate of drug-likeness (QED) is 0.657. The number of alkyl halides is 2. The lowest BCUT2D eigenvalue weighted by Gasteiger charge is -2.11. The van der Waals surface area contributed by atoms with Crippen LogP contribution in [0.5, 0.6) is 11.5 Å². The minimum Gasteiger partial charge on any atom is -0.493 e. The Balaban J connectivity index is 1.83. The third kappa shape index (κ3) is 6.15. The number of thioether (sulfide) groups is 1. The molecular formula is C19H18F2N2O3S. The number of ether oxygens (including phenoxy) is 2. The maximum Gasteiger partial charge on any atom is 0.387 e. The molecule has 0 aliphatic rings. The lowest BCUT2D eigenvalue weighted by molar-refractivity contribution is -0.0512. The number of carbonyl (C=O) groups is 1. The lowest BCUT2D eigenvalue weighted by atomic mass is 10.1. The first-order valence-corrected chi connectivity index (χ1v) is 9.17. The van der Waals surface area contributed by atoms with Crippen molar-refractivity contribution in [1.82, 2.24) is 5.32 Å². The van der Waals surface area contributed by atoms with Crippen LogP contribution >= 0.6 is 11.8 Å². The molecule has 0 aliphatic carbocycles. The van der Waals surface area contributed by atoms with Gasteiger partial charge in [0.2, 0.25) is 0 Å². The molecule has 2 aromatic carbocycles. The van der Waals surface area contributed by atoms with E-state index in [1.165, 1.54) is 25.3 Å². The fraction of sp³-hybridized carbons (Fsp3) is 0.263. The first-order chi connectivity index (χ1) is 13.0. The highest BCUT2D eigenvalue weighted by Gasteiger charge is 2.14. The van der Waals surface area contributed by atoms with Crippen LogP contribution in [-0.2, 0) is 5.75 Å². The van der Waals surface area contributed by atoms with Crippen molar-refractivity contribution < 1.29 is 23.0 Å². The smallest absolute Gasteiger partial charge is 0.387 e. The first kappa shape index (κ1) is 20.5. The maximum absolute atomic E-state index is 12.3. The van der Waals surface area contributed by atoms with Gasteiger partial charge in [0.25, 0.3) is 5.91 Å². The Morgan fingerprint density at radius 2 is 2.04 bits per heavy atom. The summed E-state index contributed by atoms with van der Waals surface area (Å²) in [6.07, 6.45) is 0. The number of nitriles is 1. The van der Waals surface area contributed by atoms with Crippen molar-refractivity contribution in [3.63, 3.8) is 0 Å². The molecule has 27 heavy (non-hydrogen) atoms. The van der Waals surface area contributed by atoms with Gasteiger partial charge in [-0.3, -0.25) is 4.79 Å². The molecule has 0 saturated heterocycles. The molecule has 0 fully saturated rings. The van der Waals surface area contributed by atoms with E-state index in [9.17, 15) is 13.6 Å². The standard InChI is InChI=1S/C19H18F2N2O3S/c1-25-17-10-13(6-7-16(17)26-19(20)21)18(24)23-8-9-27-12-15-5-3-2-4-14(15)11-22/h2-7,10,19H,8-9,12H2,1H3,(H,23,24). The predicted octanol–water partition coefficient (Wildman–Crippen LogP) is 3.83. The summed E-state index contributed by atoms with van der Waals surface area (Å²) in [5.41, 5.74) is 1.89. The third-order valence-electron chi connectivity index (χ3n) is 3.57. The molecule has 142 valence electrons. The molecule has 2 rings (SSSR count). The van der Waals surface area contributed by atoms with Gasteiger partial charge in [0.15, 0.2) is 11.5 Å². The van der Waals surface area contributed by atoms with Crippen LogP contribution in [0.25, 0.3) is 0 Å². The molecule has 0 atom stereocenters. The molecular weight excluding hydrogens is 374 g/mol. The van der Waals surface area contributed by atoms with Crippen LogP contribution < -0.4 is 14.8 Å². The lowest BCUT2D eigenvalue weighted by Crippen LogP contribution is -2.25. The SMILES string of the molecule is COc1cc(C(=O)NCCSCc2ccccc2C#N)ccc1OC(F)F. The number of amides is 1. The van der Waals surface area contributed by atoms with Crippen molar-refractivity contribution >= 4 is 17.7 Å². The maximum atomic E-state index is 12.3. The Kier molecular flexibility index (Phi) is 7.89. The second-order valence-electron chi connectivity index (χ2n) is 5.32. The zero-order valence-electron chi connectivity index (χ0n) is 14.6. The molecule has 0 aliphatic heterocycles. The summed E-state index contributed by atoms with van der Waals surface area (Å²) in [7, 11) is 1.31. The average Bonchev–Trinajstić information content (AvgIpc) is 2.67. The Bertz CT molecular complexity index is 825. The summed E-state index contributed by atoms with van der Waals surface area (Å²) < 4.78 is 34.0. The van der Waals surface area contributed by atoms with Crippen molar-refractivity contribution in [3.8, 4) is 17.6 Å². The van der Waals surface area contributed by atoms with Gasteiger partial charge in [-0.25, -0.2) is 0 Å². The first-order valence-electron chi connectivity index (χ1n) is 8.02. The summed E-state index contributed by atoms with van der Waals surface area (Å²) in [4.78, 5) is 12.2. The molecule has 8 heteroatoms. The van der Waals surface area contributed by atoms with E-state index in [1.807, 2.05) is 18.2 Å². The van der Waals surface area contributed by atoms with E-state index in [0.717, 1.165) is 5.56 Å². The fourth-order valence-corrected chi connectivity index (χ4v) is 3.14. The largest absolute Gasteiger partial charge is 0.493 e. The number of nitrogens with zero attached hydrogens (tertiary/aromatic N) is 1. The molecule has 0 radical (unpaired) electrons. The molecule has 0 spiro atoms. The number of methoxy groups -OCH3 is 1. The summed E-state index contributed by atoms with van der Waals surface area (Å²) in [5, 5.41) is 11.8. The van der Waals surface area contributed by atoms with Gasteiger partial charge in [-0.1, -0.05) is 18.2 Å². The highest BCUT2D eigenvalue weighted by Crippen LogP contribution is 2.29. The minimum atomic E-state index is -2.97. The number of nitrogens with one attached hydrogen (secondary N) is 1. The number of halogens is 2. The number of hydrogen-bond donors (Lipinski definition) is 1. The van der Waals surface area contributed by atoms with Gasteiger partial charge < -0.3 is 14.8 Å². The Morgan fingerprint density at radius 1 is 1.26 bits per heavy atom. The average molecular weight is 392 g/mol. The van der Waals surface area contributed by atoms with Crippen LogP contribution in [0.15, 0.2) is 42.5 Å². The van der Waals surface area contributed by atoms with Gasteiger partial charge in [-0.05, 0) is 29.8 Å². The zero-order chi connectivity index (χ0) is 19.6. The Hall–Kier alpha value is -2.79. The number of hydrogen-bond acceptors (Lipinski definition) is 5. The van der Waals surface area contributed by atoms with Crippen molar-refractivity contribution in [3.05, 3.63) is 59.2 Å². The van der Waals surface area contributed by atoms with Gasteiger partial charge >= 0.3 is 6.61 Å². The van der Waals surface area contributed by atoms with Gasteiger partial charge in [-0.2, -0.15) is 25.8 Å². The number of carbonyl (C=O) groups excluding carboxylic acids is 1. The third-order valence-corrected chi connectivity index (χ3v) is 4.58. The van der Waals surface area contributed by atoms with E-state index in [1.54, 1.807) is 17.8 Å². The van der Waals surface area contributed by atoms with Crippen LogP contribution in [0.1, 0.15) is 21.5 Å². The molecule has 0 heterocycles. The van der Waals surface area contributed by atoms with E-state index >= 15 is 0 Å². The second-order valence-corrected chi connectivity index (χ2v) is 6.43. The number of rotatable bonds is 9. The Labute approximate surface area is 160 Å². The minimum absolute atomic E-state index is 0.0606. The van der Waals surface area contributed by atoms with Crippen LogP contribution in [0.3, 0.4) is 0 Å². The monoisotopic (exact) mass is 392 g/mol. The van der Waals surface area contributed by atoms with E-state index in [2.05, 4.69) is 16.1 Å². The normalized spacial score (nSPS) is 10.3. The van der Waals surface area contributed by atoms with Crippen LogP contribution in [-0.4, -0.2) is 31.9 Å². The van der Waals surface area contributed by atoms with Gasteiger partial charge in [0.1, 0.15) is 0 Å². The molecule has 1 N–H and O–H groups in total. The van der Waals surface area contributed by atoms with Gasteiger partial charge in [0.05, 0.1) is 18.7 Å². The van der Waals surface area contributed by atoms with E-state index < -0.39 is 6.61 Å². The molecule has 0 aromatic heterocycles. The van der Waals surface area contributed by atoms with Crippen LogP contribution in [0, 0.1) is 11.3 Å². The van der Waals surface area contributed by atoms with Gasteiger partial charge in [0, 0.05) is 23.6 Å². The van der Waals surface area contributed by atoms with Crippen molar-refractivity contribution in [1.29, 1.82) is 5.26 Å². The van der Waals surface area contributed by atoms with Crippen molar-refractivity contribution in [2.75, 3.05) is 19.4 Å².